The number of nitrogens with zero attached hydrogens (tertiary/aromatic N) is 2. The molecular formula is C23H31FN4O. The van der Waals surface area contributed by atoms with E-state index in [1.807, 2.05) is 13.0 Å². The third-order valence-corrected chi connectivity index (χ3v) is 5.13. The van der Waals surface area contributed by atoms with Gasteiger partial charge in [0.05, 0.1) is 12.6 Å². The highest BCUT2D eigenvalue weighted by Gasteiger charge is 2.18. The minimum Gasteiger partial charge on any atom is -0.390 e. The average molecular weight is 399 g/mol. The van der Waals surface area contributed by atoms with Gasteiger partial charge in [-0.2, -0.15) is 0 Å². The number of aliphatic hydroxyl groups excluding tert-OH is 1. The predicted molar refractivity (Wildman–Crippen MR) is 116 cm³/mol. The van der Waals surface area contributed by atoms with Crippen LogP contribution in [0.15, 0.2) is 53.5 Å². The molecule has 1 unspecified atom stereocenters. The third kappa shape index (κ3) is 6.54. The number of guanidine groups is 1. The monoisotopic (exact) mass is 398 g/mol. The van der Waals surface area contributed by atoms with E-state index < -0.39 is 6.10 Å². The maximum Gasteiger partial charge on any atom is 0.191 e. The van der Waals surface area contributed by atoms with Gasteiger partial charge in [-0.15, -0.1) is 0 Å². The molecule has 0 bridgehead atoms. The van der Waals surface area contributed by atoms with Crippen molar-refractivity contribution in [3.8, 4) is 0 Å². The topological polar surface area (TPSA) is 59.9 Å². The highest BCUT2D eigenvalue weighted by Crippen LogP contribution is 2.18. The van der Waals surface area contributed by atoms with Crippen LogP contribution in [-0.2, 0) is 19.4 Å². The number of hydrogen-bond acceptors (Lipinski definition) is 3. The van der Waals surface area contributed by atoms with Crippen LogP contribution in [0.1, 0.15) is 23.6 Å². The fourth-order valence-electron chi connectivity index (χ4n) is 3.62. The number of β-amino-alcohol motifs (C(OH)–C–C–N with tert-alkyl or cyclic N) is 1. The molecule has 0 radical (unpaired) electrons. The number of benzene rings is 2. The number of rotatable bonds is 8. The molecule has 1 atom stereocenters. The Morgan fingerprint density at radius 2 is 1.90 bits per heavy atom. The maximum absolute atomic E-state index is 13.7. The minimum atomic E-state index is -0.526. The first-order valence-electron chi connectivity index (χ1n) is 10.4. The molecule has 0 amide bonds. The molecule has 0 spiro atoms. The highest BCUT2D eigenvalue weighted by molar-refractivity contribution is 5.79. The van der Waals surface area contributed by atoms with Crippen LogP contribution in [0.2, 0.25) is 0 Å². The van der Waals surface area contributed by atoms with Gasteiger partial charge in [0, 0.05) is 32.7 Å². The number of nitrogens with one attached hydrogen (secondary N) is 2. The molecule has 0 aliphatic carbocycles. The number of aliphatic imine (C=N–C) groups is 1. The van der Waals surface area contributed by atoms with Gasteiger partial charge in [0.15, 0.2) is 5.96 Å². The molecule has 1 aliphatic rings. The van der Waals surface area contributed by atoms with Crippen LogP contribution in [0.5, 0.6) is 0 Å². The normalized spacial score (nSPS) is 15.6. The van der Waals surface area contributed by atoms with Gasteiger partial charge in [-0.25, -0.2) is 4.39 Å². The van der Waals surface area contributed by atoms with Gasteiger partial charge in [0.2, 0.25) is 0 Å². The Morgan fingerprint density at radius 3 is 2.69 bits per heavy atom. The van der Waals surface area contributed by atoms with Crippen molar-refractivity contribution in [1.82, 2.24) is 15.5 Å². The smallest absolute Gasteiger partial charge is 0.191 e. The minimum absolute atomic E-state index is 0.185. The molecule has 0 saturated carbocycles. The molecule has 2 aromatic carbocycles. The van der Waals surface area contributed by atoms with E-state index in [4.69, 9.17) is 0 Å². The summed E-state index contributed by atoms with van der Waals surface area (Å²) < 4.78 is 13.7. The van der Waals surface area contributed by atoms with Crippen molar-refractivity contribution in [3.63, 3.8) is 0 Å². The summed E-state index contributed by atoms with van der Waals surface area (Å²) in [5.41, 5.74) is 3.43. The Morgan fingerprint density at radius 1 is 1.14 bits per heavy atom. The van der Waals surface area contributed by atoms with E-state index in [0.29, 0.717) is 37.6 Å². The molecule has 0 fully saturated rings. The summed E-state index contributed by atoms with van der Waals surface area (Å²) in [6.07, 6.45) is 1.07. The first kappa shape index (κ1) is 21.3. The van der Waals surface area contributed by atoms with Gasteiger partial charge in [-0.1, -0.05) is 42.5 Å². The number of hydrogen-bond donors (Lipinski definition) is 3. The molecule has 29 heavy (non-hydrogen) atoms. The highest BCUT2D eigenvalue weighted by atomic mass is 19.1. The Balaban J connectivity index is 1.46. The molecule has 3 N–H and O–H groups in total. The molecule has 6 heteroatoms. The summed E-state index contributed by atoms with van der Waals surface area (Å²) in [4.78, 5) is 6.78. The fourth-order valence-corrected chi connectivity index (χ4v) is 3.62. The zero-order valence-electron chi connectivity index (χ0n) is 17.1. The second-order valence-electron chi connectivity index (χ2n) is 7.40. The van der Waals surface area contributed by atoms with Crippen LogP contribution in [-0.4, -0.2) is 54.8 Å². The van der Waals surface area contributed by atoms with Gasteiger partial charge in [0.25, 0.3) is 0 Å². The first-order valence-corrected chi connectivity index (χ1v) is 10.4. The van der Waals surface area contributed by atoms with E-state index in [2.05, 4.69) is 44.8 Å². The zero-order valence-corrected chi connectivity index (χ0v) is 17.1. The lowest BCUT2D eigenvalue weighted by Crippen LogP contribution is -2.40. The summed E-state index contributed by atoms with van der Waals surface area (Å²) >= 11 is 0. The number of fused-ring (bicyclic) bond motifs is 1. The molecular weight excluding hydrogens is 367 g/mol. The van der Waals surface area contributed by atoms with Crippen molar-refractivity contribution >= 4 is 5.96 Å². The molecule has 5 nitrogen and oxygen atoms in total. The standard InChI is InChI=1S/C23H31FN4O/c1-2-25-23(26-13-11-19-8-5-6-10-22(19)24)27-15-21(29)17-28-14-12-18-7-3-4-9-20(18)16-28/h3-10,21,29H,2,11-17H2,1H3,(H2,25,26,27). The summed E-state index contributed by atoms with van der Waals surface area (Å²) in [6.45, 7) is 6.06. The molecule has 0 aromatic heterocycles. The van der Waals surface area contributed by atoms with Gasteiger partial charge in [-0.05, 0) is 42.5 Å². The quantitative estimate of drug-likeness (QED) is 0.472. The molecule has 0 saturated heterocycles. The molecule has 156 valence electrons. The maximum atomic E-state index is 13.7. The number of aliphatic hydroxyl groups is 1. The lowest BCUT2D eigenvalue weighted by Gasteiger charge is -2.30. The van der Waals surface area contributed by atoms with Gasteiger partial charge >= 0.3 is 0 Å². The molecule has 2 aromatic rings. The second kappa shape index (κ2) is 10.9. The van der Waals surface area contributed by atoms with E-state index in [0.717, 1.165) is 26.1 Å². The van der Waals surface area contributed by atoms with Crippen molar-refractivity contribution in [3.05, 3.63) is 71.0 Å². The van der Waals surface area contributed by atoms with E-state index in [-0.39, 0.29) is 5.82 Å². The van der Waals surface area contributed by atoms with Crippen molar-refractivity contribution in [2.45, 2.75) is 32.4 Å². The Kier molecular flexibility index (Phi) is 8.02. The van der Waals surface area contributed by atoms with Gasteiger partial charge in [-0.3, -0.25) is 9.89 Å². The van der Waals surface area contributed by atoms with E-state index >= 15 is 0 Å². The van der Waals surface area contributed by atoms with Gasteiger partial charge < -0.3 is 15.7 Å². The lowest BCUT2D eigenvalue weighted by molar-refractivity contribution is 0.111. The van der Waals surface area contributed by atoms with Crippen molar-refractivity contribution in [2.24, 2.45) is 4.99 Å². The van der Waals surface area contributed by atoms with Crippen molar-refractivity contribution < 1.29 is 9.50 Å². The van der Waals surface area contributed by atoms with Crippen LogP contribution < -0.4 is 10.6 Å². The first-order chi connectivity index (χ1) is 14.2. The largest absolute Gasteiger partial charge is 0.390 e. The predicted octanol–water partition coefficient (Wildman–Crippen LogP) is 2.34. The number of halogens is 1. The SMILES string of the molecule is CCNC(=NCC(O)CN1CCc2ccccc2C1)NCCc1ccccc1F. The Hall–Kier alpha value is -2.44. The summed E-state index contributed by atoms with van der Waals surface area (Å²) in [7, 11) is 0. The van der Waals surface area contributed by atoms with E-state index in [1.165, 1.54) is 17.2 Å². The third-order valence-electron chi connectivity index (χ3n) is 5.13. The van der Waals surface area contributed by atoms with Crippen LogP contribution in [0.25, 0.3) is 0 Å². The lowest BCUT2D eigenvalue weighted by atomic mass is 10.00. The summed E-state index contributed by atoms with van der Waals surface area (Å²) in [5.74, 6) is 0.460. The van der Waals surface area contributed by atoms with Crippen LogP contribution in [0.3, 0.4) is 0 Å². The summed E-state index contributed by atoms with van der Waals surface area (Å²) in [6, 6.07) is 15.3. The second-order valence-corrected chi connectivity index (χ2v) is 7.40. The van der Waals surface area contributed by atoms with Crippen molar-refractivity contribution in [1.29, 1.82) is 0 Å². The summed E-state index contributed by atoms with van der Waals surface area (Å²) in [5, 5.41) is 16.8. The molecule has 1 heterocycles. The van der Waals surface area contributed by atoms with E-state index in [9.17, 15) is 9.50 Å². The Bertz CT molecular complexity index is 811. The Labute approximate surface area is 172 Å². The fraction of sp³-hybridized carbons (Fsp3) is 0.435. The zero-order chi connectivity index (χ0) is 20.5. The van der Waals surface area contributed by atoms with Crippen molar-refractivity contribution in [2.75, 3.05) is 32.7 Å². The molecule has 3 rings (SSSR count). The van der Waals surface area contributed by atoms with Crippen LogP contribution >= 0.6 is 0 Å². The van der Waals surface area contributed by atoms with Gasteiger partial charge in [0.1, 0.15) is 5.82 Å². The van der Waals surface area contributed by atoms with E-state index in [1.54, 1.807) is 12.1 Å². The van der Waals surface area contributed by atoms with Crippen LogP contribution in [0.4, 0.5) is 4.39 Å². The average Bonchev–Trinajstić information content (AvgIpc) is 2.73. The van der Waals surface area contributed by atoms with Crippen LogP contribution in [0, 0.1) is 5.82 Å². The molecule has 1 aliphatic heterocycles.